The van der Waals surface area contributed by atoms with E-state index in [1.165, 1.54) is 31.8 Å². The van der Waals surface area contributed by atoms with Crippen LogP contribution in [0.5, 0.6) is 11.5 Å². The van der Waals surface area contributed by atoms with E-state index in [1.807, 2.05) is 60.7 Å². The maximum Gasteiger partial charge on any atom is 0.170 e. The molecule has 0 aliphatic carbocycles. The average Bonchev–Trinajstić information content (AvgIpc) is 3.24. The van der Waals surface area contributed by atoms with Crippen molar-refractivity contribution in [2.75, 3.05) is 0 Å². The van der Waals surface area contributed by atoms with Crippen LogP contribution in [-0.4, -0.2) is 5.71 Å². The summed E-state index contributed by atoms with van der Waals surface area (Å²) in [5, 5.41) is 15.9. The third kappa shape index (κ3) is 9.57. The summed E-state index contributed by atoms with van der Waals surface area (Å²) in [6.45, 7) is 0. The Morgan fingerprint density at radius 1 is 0.315 bits per heavy atom. The van der Waals surface area contributed by atoms with Gasteiger partial charge in [-0.2, -0.15) is 0 Å². The van der Waals surface area contributed by atoms with Gasteiger partial charge in [-0.15, -0.1) is 0 Å². The van der Waals surface area contributed by atoms with Crippen molar-refractivity contribution in [1.82, 2.24) is 0 Å². The summed E-state index contributed by atoms with van der Waals surface area (Å²) < 4.78 is 6.94. The van der Waals surface area contributed by atoms with Crippen LogP contribution in [0.2, 0.25) is 0 Å². The third-order valence-electron chi connectivity index (χ3n) is 8.91. The van der Waals surface area contributed by atoms with Gasteiger partial charge in [-0.1, -0.05) is 158 Å². The van der Waals surface area contributed by atoms with Gasteiger partial charge in [0.25, 0.3) is 0 Å². The quantitative estimate of drug-likeness (QED) is 0.0838. The summed E-state index contributed by atoms with van der Waals surface area (Å²) in [4.78, 5) is 0. The van der Waals surface area contributed by atoms with Gasteiger partial charge in [-0.05, 0) is 83.9 Å². The van der Waals surface area contributed by atoms with Crippen LogP contribution in [0.15, 0.2) is 231 Å². The van der Waals surface area contributed by atoms with Gasteiger partial charge in [0.1, 0.15) is 47.7 Å². The number of hydrogen-bond acceptors (Lipinski definition) is 2. The summed E-state index contributed by atoms with van der Waals surface area (Å²) in [6, 6.07) is 80.1. The molecule has 0 saturated heterocycles. The molecule has 8 rings (SSSR count). The van der Waals surface area contributed by atoms with Crippen LogP contribution in [0.4, 0.5) is 0 Å². The zero-order chi connectivity index (χ0) is 36.1. The number of hydrogen-bond donors (Lipinski definition) is 1. The van der Waals surface area contributed by atoms with Crippen LogP contribution >= 0.6 is 15.8 Å². The molecule has 2 nitrogen and oxygen atoms in total. The van der Waals surface area contributed by atoms with Gasteiger partial charge in [-0.25, -0.2) is 0 Å². The summed E-state index contributed by atoms with van der Waals surface area (Å²) in [5.74, 6) is 1.85. The second kappa shape index (κ2) is 19.6. The van der Waals surface area contributed by atoms with E-state index in [-0.39, 0.29) is 16.5 Å². The minimum atomic E-state index is -1.28. The molecule has 266 valence electrons. The predicted molar refractivity (Wildman–Crippen MR) is 232 cm³/mol. The fraction of sp³-hybridized carbons (Fsp3) is 0. The van der Waals surface area contributed by atoms with Gasteiger partial charge in [0, 0.05) is 16.5 Å². The number of nitrogens with one attached hydrogen (secondary N) is 1. The molecule has 0 fully saturated rings. The van der Waals surface area contributed by atoms with Crippen LogP contribution in [-0.2, 0) is 16.5 Å². The molecule has 0 aliphatic rings. The van der Waals surface area contributed by atoms with Crippen LogP contribution < -0.4 is 36.6 Å². The average molecular weight is 781 g/mol. The van der Waals surface area contributed by atoms with Crippen LogP contribution in [0.1, 0.15) is 11.1 Å². The Hall–Kier alpha value is -5.42. The smallest absolute Gasteiger partial charge is 0.170 e. The Bertz CT molecular complexity index is 2080. The number of benzene rings is 8. The molecule has 0 bridgehead atoms. The molecule has 54 heavy (non-hydrogen) atoms. The Balaban J connectivity index is 0.000000279. The number of para-hydroxylation sites is 2. The van der Waals surface area contributed by atoms with E-state index in [0.717, 1.165) is 22.6 Å². The van der Waals surface area contributed by atoms with Crippen molar-refractivity contribution in [3.05, 3.63) is 242 Å². The van der Waals surface area contributed by atoms with Crippen LogP contribution in [0.25, 0.3) is 0 Å². The predicted octanol–water partition coefficient (Wildman–Crippen LogP) is 9.56. The van der Waals surface area contributed by atoms with Crippen LogP contribution in [0, 0.1) is 5.41 Å². The molecule has 0 spiro atoms. The standard InChI is InChI=1S/C36H28OP2.C13H11N.Ni/c1-5-17-29(18-6-1)38(30-19-7-2-8-20-30)35-27-15-13-25-33(35)37-34-26-14-16-28-36(34)39(31-21-9-3-10-22-31)32-23-11-4-12-24-32;14-13(11-7-3-1-4-8-11)12-9-5-2-6-10-12;/h1-28H;1-10,14H;/p+2. The number of rotatable bonds is 10. The molecule has 5 heteroatoms. The maximum atomic E-state index is 7.97. The van der Waals surface area contributed by atoms with Crippen LogP contribution in [0.3, 0.4) is 0 Å². The van der Waals surface area contributed by atoms with E-state index < -0.39 is 15.8 Å². The van der Waals surface area contributed by atoms with Gasteiger partial charge >= 0.3 is 0 Å². The summed E-state index contributed by atoms with van der Waals surface area (Å²) >= 11 is 0. The molecule has 8 aromatic carbocycles. The molecule has 1 N–H and O–H groups in total. The first-order valence-corrected chi connectivity index (χ1v) is 20.8. The van der Waals surface area contributed by atoms with Gasteiger partial charge in [0.15, 0.2) is 11.5 Å². The molecular weight excluding hydrogens is 739 g/mol. The Morgan fingerprint density at radius 2 is 0.556 bits per heavy atom. The van der Waals surface area contributed by atoms with Crippen molar-refractivity contribution >= 4 is 53.4 Å². The molecule has 0 heterocycles. The van der Waals surface area contributed by atoms with E-state index in [0.29, 0.717) is 5.71 Å². The minimum absolute atomic E-state index is 0. The molecule has 0 aromatic heterocycles. The molecule has 0 atom stereocenters. The molecule has 0 radical (unpaired) electrons. The fourth-order valence-electron chi connectivity index (χ4n) is 6.39. The van der Waals surface area contributed by atoms with Crippen molar-refractivity contribution in [2.45, 2.75) is 0 Å². The van der Waals surface area contributed by atoms with E-state index in [4.69, 9.17) is 10.1 Å². The van der Waals surface area contributed by atoms with Crippen molar-refractivity contribution < 1.29 is 21.2 Å². The topological polar surface area (TPSA) is 33.1 Å². The van der Waals surface area contributed by atoms with E-state index in [2.05, 4.69) is 170 Å². The normalized spacial score (nSPS) is 10.5. The Morgan fingerprint density at radius 3 is 0.852 bits per heavy atom. The van der Waals surface area contributed by atoms with Gasteiger partial charge in [0.05, 0.1) is 5.71 Å². The fourth-order valence-corrected chi connectivity index (χ4v) is 11.7. The van der Waals surface area contributed by atoms with Crippen molar-refractivity contribution in [3.8, 4) is 11.5 Å². The molecule has 0 unspecified atom stereocenters. The van der Waals surface area contributed by atoms with Crippen molar-refractivity contribution in [2.24, 2.45) is 0 Å². The summed E-state index contributed by atoms with van der Waals surface area (Å²) in [5.41, 5.74) is 2.49. The molecule has 8 aromatic rings. The maximum absolute atomic E-state index is 7.97. The van der Waals surface area contributed by atoms with Crippen molar-refractivity contribution in [3.63, 3.8) is 0 Å². The minimum Gasteiger partial charge on any atom is -0.449 e. The van der Waals surface area contributed by atoms with Gasteiger partial charge < -0.3 is 4.74 Å². The van der Waals surface area contributed by atoms with E-state index in [9.17, 15) is 0 Å². The molecular formula is C49H41NNiOP2+2. The van der Waals surface area contributed by atoms with E-state index in [1.54, 1.807) is 0 Å². The monoisotopic (exact) mass is 779 g/mol. The van der Waals surface area contributed by atoms with Crippen molar-refractivity contribution in [1.29, 1.82) is 5.41 Å². The second-order valence-electron chi connectivity index (χ2n) is 12.4. The molecule has 0 amide bonds. The summed E-state index contributed by atoms with van der Waals surface area (Å²) in [7, 11) is -2.56. The first-order valence-electron chi connectivity index (χ1n) is 17.8. The third-order valence-corrected chi connectivity index (χ3v) is 14.5. The first kappa shape index (κ1) is 38.3. The molecule has 0 saturated carbocycles. The zero-order valence-electron chi connectivity index (χ0n) is 29.7. The summed E-state index contributed by atoms with van der Waals surface area (Å²) in [6.07, 6.45) is 0. The Kier molecular flexibility index (Phi) is 13.9. The number of ether oxygens (including phenoxy) is 1. The Labute approximate surface area is 331 Å². The largest absolute Gasteiger partial charge is 0.449 e. The van der Waals surface area contributed by atoms with Gasteiger partial charge in [-0.3, -0.25) is 5.41 Å². The first-order chi connectivity index (χ1) is 26.3. The SMILES string of the molecule is N=C(c1ccccc1)c1ccccc1.[Ni].c1ccc([PH+](c2ccccc2)c2ccccc2Oc2ccccc2[PH+](c2ccccc2)c2ccccc2)cc1. The zero-order valence-corrected chi connectivity index (χ0v) is 32.7. The molecule has 0 aliphatic heterocycles. The van der Waals surface area contributed by atoms with E-state index >= 15 is 0 Å². The second-order valence-corrected chi connectivity index (χ2v) is 17.3. The van der Waals surface area contributed by atoms with Gasteiger partial charge in [0.2, 0.25) is 0 Å².